The van der Waals surface area contributed by atoms with Gasteiger partial charge in [-0.15, -0.1) is 0 Å². The van der Waals surface area contributed by atoms with E-state index in [1.807, 2.05) is 39.0 Å². The van der Waals surface area contributed by atoms with E-state index >= 15 is 0 Å². The van der Waals surface area contributed by atoms with Crippen molar-refractivity contribution in [2.75, 3.05) is 0 Å². The van der Waals surface area contributed by atoms with E-state index in [0.717, 1.165) is 34.5 Å². The molecule has 1 N–H and O–H groups in total. The molecule has 4 nitrogen and oxygen atoms in total. The van der Waals surface area contributed by atoms with Crippen molar-refractivity contribution < 1.29 is 14.6 Å². The number of pyridine rings is 1. The number of aromatic nitrogens is 1. The fourth-order valence-electron chi connectivity index (χ4n) is 5.74. The van der Waals surface area contributed by atoms with Crippen molar-refractivity contribution in [2.45, 2.75) is 52.2 Å². The molecule has 0 spiro atoms. The predicted molar refractivity (Wildman–Crippen MR) is 107 cm³/mol. The Balaban J connectivity index is 1.58. The Morgan fingerprint density at radius 3 is 2.46 bits per heavy atom. The van der Waals surface area contributed by atoms with Crippen LogP contribution in [0.2, 0.25) is 0 Å². The minimum Gasteiger partial charge on any atom is -0.511 e. The van der Waals surface area contributed by atoms with Gasteiger partial charge in [-0.1, -0.05) is 23.8 Å². The first-order valence-electron chi connectivity index (χ1n) is 10.0. The molecular weight excluding hydrogens is 350 g/mol. The maximum atomic E-state index is 13.4. The Kier molecular flexibility index (Phi) is 3.79. The maximum absolute atomic E-state index is 13.4. The van der Waals surface area contributed by atoms with Crippen LogP contribution in [0.4, 0.5) is 0 Å². The Morgan fingerprint density at radius 2 is 1.79 bits per heavy atom. The van der Waals surface area contributed by atoms with E-state index in [2.05, 4.69) is 24.0 Å². The molecule has 4 heteroatoms. The van der Waals surface area contributed by atoms with Gasteiger partial charge in [-0.05, 0) is 62.9 Å². The zero-order valence-electron chi connectivity index (χ0n) is 16.7. The molecule has 0 amide bonds. The van der Waals surface area contributed by atoms with E-state index < -0.39 is 0 Å². The van der Waals surface area contributed by atoms with Gasteiger partial charge in [-0.3, -0.25) is 9.78 Å². The predicted octanol–water partition coefficient (Wildman–Crippen LogP) is 4.35. The first kappa shape index (κ1) is 17.6. The zero-order chi connectivity index (χ0) is 19.7. The van der Waals surface area contributed by atoms with Crippen molar-refractivity contribution in [2.24, 2.45) is 11.8 Å². The van der Waals surface area contributed by atoms with Crippen LogP contribution in [0.5, 0.6) is 0 Å². The van der Waals surface area contributed by atoms with E-state index in [9.17, 15) is 9.90 Å². The third-order valence-corrected chi connectivity index (χ3v) is 6.69. The minimum absolute atomic E-state index is 0.0423. The van der Waals surface area contributed by atoms with Gasteiger partial charge in [0.15, 0.2) is 5.78 Å². The summed E-state index contributed by atoms with van der Waals surface area (Å²) >= 11 is 0. The second-order valence-electron chi connectivity index (χ2n) is 8.63. The summed E-state index contributed by atoms with van der Waals surface area (Å²) in [4.78, 5) is 18.0. The van der Waals surface area contributed by atoms with Crippen LogP contribution in [0.15, 0.2) is 36.1 Å². The van der Waals surface area contributed by atoms with Crippen LogP contribution in [-0.4, -0.2) is 28.1 Å². The number of rotatable bonds is 2. The minimum atomic E-state index is -0.263. The van der Waals surface area contributed by atoms with E-state index in [1.54, 1.807) is 0 Å². The standard InChI is InChI=1S/C24H25NO3/c1-11-8-12(2)18(13(3)9-11)20-22(26)19-17-10-15(16-7-5-6-14(4)25-16)24(28-17)21(19)23(20)27/h5-9,15,17,19,21,24,27H,10H2,1-4H3/t15-,17-,19-,21+,24+/m0/s1. The maximum Gasteiger partial charge on any atom is 0.173 e. The normalized spacial score (nSPS) is 31.0. The van der Waals surface area contributed by atoms with E-state index in [-0.39, 0.29) is 41.5 Å². The van der Waals surface area contributed by atoms with E-state index in [1.165, 1.54) is 5.56 Å². The summed E-state index contributed by atoms with van der Waals surface area (Å²) in [5.74, 6) is -0.133. The molecule has 0 radical (unpaired) electrons. The lowest BCUT2D eigenvalue weighted by Gasteiger charge is -2.27. The number of fused-ring (bicyclic) bond motifs is 5. The highest BCUT2D eigenvalue weighted by Crippen LogP contribution is 2.58. The monoisotopic (exact) mass is 375 g/mol. The number of hydrogen-bond donors (Lipinski definition) is 1. The molecule has 2 saturated heterocycles. The van der Waals surface area contributed by atoms with Crippen molar-refractivity contribution in [3.8, 4) is 0 Å². The Hall–Kier alpha value is -2.46. The molecule has 3 aliphatic rings. The number of nitrogens with zero attached hydrogens (tertiary/aromatic N) is 1. The van der Waals surface area contributed by atoms with Crippen LogP contribution < -0.4 is 0 Å². The molecule has 28 heavy (non-hydrogen) atoms. The van der Waals surface area contributed by atoms with E-state index in [4.69, 9.17) is 4.74 Å². The quantitative estimate of drug-likeness (QED) is 0.848. The van der Waals surface area contributed by atoms with Gasteiger partial charge >= 0.3 is 0 Å². The van der Waals surface area contributed by atoms with Gasteiger partial charge in [0.05, 0.1) is 29.6 Å². The largest absolute Gasteiger partial charge is 0.511 e. The molecule has 5 atom stereocenters. The van der Waals surface area contributed by atoms with Crippen molar-refractivity contribution in [3.05, 3.63) is 69.7 Å². The summed E-state index contributed by atoms with van der Waals surface area (Å²) in [6.45, 7) is 8.07. The molecule has 1 aromatic carbocycles. The van der Waals surface area contributed by atoms with Gasteiger partial charge in [0.25, 0.3) is 0 Å². The third-order valence-electron chi connectivity index (χ3n) is 6.69. The Morgan fingerprint density at radius 1 is 1.07 bits per heavy atom. The first-order chi connectivity index (χ1) is 13.4. The van der Waals surface area contributed by atoms with Gasteiger partial charge in [0, 0.05) is 17.3 Å². The topological polar surface area (TPSA) is 59.4 Å². The van der Waals surface area contributed by atoms with E-state index in [0.29, 0.717) is 5.57 Å². The highest BCUT2D eigenvalue weighted by Gasteiger charge is 2.62. The summed E-state index contributed by atoms with van der Waals surface area (Å²) in [6, 6.07) is 10.2. The summed E-state index contributed by atoms with van der Waals surface area (Å²) in [5.41, 5.74) is 6.63. The molecule has 144 valence electrons. The highest BCUT2D eigenvalue weighted by atomic mass is 16.5. The van der Waals surface area contributed by atoms with Crippen LogP contribution in [0.25, 0.3) is 5.57 Å². The number of ketones is 1. The number of allylic oxidation sites excluding steroid dienone is 1. The Bertz CT molecular complexity index is 1010. The summed E-state index contributed by atoms with van der Waals surface area (Å²) in [5, 5.41) is 11.2. The molecule has 2 bridgehead atoms. The van der Waals surface area contributed by atoms with Gasteiger partial charge in [0.1, 0.15) is 5.76 Å². The van der Waals surface area contributed by atoms with Gasteiger partial charge in [-0.2, -0.15) is 0 Å². The average Bonchev–Trinajstić information content (AvgIpc) is 3.28. The fraction of sp³-hybridized carbons (Fsp3) is 0.417. The summed E-state index contributed by atoms with van der Waals surface area (Å²) < 4.78 is 6.20. The van der Waals surface area contributed by atoms with Crippen LogP contribution in [0, 0.1) is 39.5 Å². The molecular formula is C24H25NO3. The lowest BCUT2D eigenvalue weighted by Crippen LogP contribution is -2.33. The molecule has 5 rings (SSSR count). The molecule has 0 saturated carbocycles. The van der Waals surface area contributed by atoms with Gasteiger partial charge < -0.3 is 9.84 Å². The summed E-state index contributed by atoms with van der Waals surface area (Å²) in [7, 11) is 0. The molecule has 2 aromatic rings. The molecule has 1 aliphatic carbocycles. The molecule has 2 fully saturated rings. The lowest BCUT2D eigenvalue weighted by molar-refractivity contribution is -0.118. The highest BCUT2D eigenvalue weighted by molar-refractivity contribution is 6.26. The summed E-state index contributed by atoms with van der Waals surface area (Å²) in [6.07, 6.45) is 0.470. The number of aliphatic hydroxyl groups is 1. The van der Waals surface area contributed by atoms with Crippen LogP contribution in [0.1, 0.15) is 46.0 Å². The first-order valence-corrected chi connectivity index (χ1v) is 10.0. The number of benzene rings is 1. The third kappa shape index (κ3) is 2.34. The number of ether oxygens (including phenoxy) is 1. The number of hydrogen-bond acceptors (Lipinski definition) is 4. The molecule has 3 heterocycles. The number of carbonyl (C=O) groups excluding carboxylic acids is 1. The van der Waals surface area contributed by atoms with Crippen molar-refractivity contribution >= 4 is 11.4 Å². The Labute approximate surface area is 165 Å². The average molecular weight is 375 g/mol. The molecule has 2 aliphatic heterocycles. The molecule has 0 unspecified atom stereocenters. The lowest BCUT2D eigenvalue weighted by atomic mass is 9.73. The van der Waals surface area contributed by atoms with Crippen molar-refractivity contribution in [1.82, 2.24) is 4.98 Å². The second-order valence-corrected chi connectivity index (χ2v) is 8.63. The molecule has 1 aromatic heterocycles. The number of carbonyl (C=O) groups is 1. The van der Waals surface area contributed by atoms with Gasteiger partial charge in [-0.25, -0.2) is 0 Å². The smallest absolute Gasteiger partial charge is 0.173 e. The van der Waals surface area contributed by atoms with Gasteiger partial charge in [0.2, 0.25) is 0 Å². The van der Waals surface area contributed by atoms with Crippen LogP contribution in [-0.2, 0) is 9.53 Å². The number of Topliss-reactive ketones (excluding diaryl/α,β-unsaturated/α-hetero) is 1. The number of aryl methyl sites for hydroxylation is 4. The van der Waals surface area contributed by atoms with Crippen LogP contribution >= 0.6 is 0 Å². The van der Waals surface area contributed by atoms with Crippen molar-refractivity contribution in [3.63, 3.8) is 0 Å². The van der Waals surface area contributed by atoms with Crippen LogP contribution in [0.3, 0.4) is 0 Å². The zero-order valence-corrected chi connectivity index (χ0v) is 16.7. The van der Waals surface area contributed by atoms with Crippen molar-refractivity contribution in [1.29, 1.82) is 0 Å². The second kappa shape index (κ2) is 6.02. The SMILES string of the molecule is Cc1cc(C)c(C2=C(O)[C@@H]3[C@@H]4O[C@@H](C[C@H]4c4cccc(C)n4)[C@@H]3C2=O)c(C)c1. The fourth-order valence-corrected chi connectivity index (χ4v) is 5.74. The number of aliphatic hydroxyl groups excluding tert-OH is 1.